The van der Waals surface area contributed by atoms with Crippen molar-refractivity contribution in [1.29, 1.82) is 0 Å². The van der Waals surface area contributed by atoms with E-state index in [1.165, 1.54) is 6.26 Å². The highest BCUT2D eigenvalue weighted by molar-refractivity contribution is 7.90. The van der Waals surface area contributed by atoms with Crippen molar-refractivity contribution in [3.63, 3.8) is 0 Å². The largest absolute Gasteiger partial charge is 0.310 e. The zero-order valence-corrected chi connectivity index (χ0v) is 12.3. The SMILES string of the molecule is C#CCCCCNC(C)c1ccc(S(C)(=O)=O)cc1. The summed E-state index contributed by atoms with van der Waals surface area (Å²) in [5.74, 6) is 2.62. The van der Waals surface area contributed by atoms with Gasteiger partial charge in [-0.15, -0.1) is 12.3 Å². The van der Waals surface area contributed by atoms with Crippen LogP contribution < -0.4 is 5.32 Å². The molecule has 3 nitrogen and oxygen atoms in total. The van der Waals surface area contributed by atoms with Crippen LogP contribution in [0.15, 0.2) is 29.2 Å². The van der Waals surface area contributed by atoms with Gasteiger partial charge in [-0.1, -0.05) is 12.1 Å². The molecule has 0 aliphatic heterocycles. The van der Waals surface area contributed by atoms with Gasteiger partial charge in [-0.2, -0.15) is 0 Å². The van der Waals surface area contributed by atoms with Crippen LogP contribution in [0.1, 0.15) is 37.8 Å². The van der Waals surface area contributed by atoms with Crippen molar-refractivity contribution >= 4 is 9.84 Å². The minimum Gasteiger partial charge on any atom is -0.310 e. The molecule has 0 saturated carbocycles. The molecular weight excluding hydrogens is 258 g/mol. The molecule has 0 saturated heterocycles. The first kappa shape index (κ1) is 15.7. The van der Waals surface area contributed by atoms with E-state index in [1.807, 2.05) is 12.1 Å². The minimum absolute atomic E-state index is 0.208. The highest BCUT2D eigenvalue weighted by Crippen LogP contribution is 2.16. The van der Waals surface area contributed by atoms with Gasteiger partial charge >= 0.3 is 0 Å². The predicted octanol–water partition coefficient (Wildman–Crippen LogP) is 2.54. The van der Waals surface area contributed by atoms with Crippen molar-refractivity contribution in [1.82, 2.24) is 5.32 Å². The first-order valence-electron chi connectivity index (χ1n) is 6.42. The monoisotopic (exact) mass is 279 g/mol. The van der Waals surface area contributed by atoms with Gasteiger partial charge in [-0.3, -0.25) is 0 Å². The molecule has 104 valence electrons. The van der Waals surface area contributed by atoms with E-state index in [9.17, 15) is 8.42 Å². The van der Waals surface area contributed by atoms with E-state index < -0.39 is 9.84 Å². The van der Waals surface area contributed by atoms with Gasteiger partial charge in [0.25, 0.3) is 0 Å². The second kappa shape index (κ2) is 7.32. The maximum Gasteiger partial charge on any atom is 0.175 e. The van der Waals surface area contributed by atoms with Gasteiger partial charge in [0.1, 0.15) is 0 Å². The summed E-state index contributed by atoms with van der Waals surface area (Å²) in [6, 6.07) is 7.23. The Morgan fingerprint density at radius 1 is 1.26 bits per heavy atom. The molecule has 1 rings (SSSR count). The topological polar surface area (TPSA) is 46.2 Å². The van der Waals surface area contributed by atoms with Crippen molar-refractivity contribution in [2.24, 2.45) is 0 Å². The molecule has 1 N–H and O–H groups in total. The Morgan fingerprint density at radius 3 is 2.42 bits per heavy atom. The van der Waals surface area contributed by atoms with E-state index in [-0.39, 0.29) is 6.04 Å². The number of unbranched alkanes of at least 4 members (excludes halogenated alkanes) is 2. The molecule has 0 radical (unpaired) electrons. The van der Waals surface area contributed by atoms with Crippen molar-refractivity contribution in [3.05, 3.63) is 29.8 Å². The van der Waals surface area contributed by atoms with Gasteiger partial charge in [0.05, 0.1) is 4.90 Å². The molecule has 0 aromatic heterocycles. The molecule has 0 bridgehead atoms. The Morgan fingerprint density at radius 2 is 1.89 bits per heavy atom. The lowest BCUT2D eigenvalue weighted by Gasteiger charge is -2.14. The minimum atomic E-state index is -3.11. The third-order valence-electron chi connectivity index (χ3n) is 3.01. The summed E-state index contributed by atoms with van der Waals surface area (Å²) in [5.41, 5.74) is 1.09. The average molecular weight is 279 g/mol. The lowest BCUT2D eigenvalue weighted by atomic mass is 10.1. The summed E-state index contributed by atoms with van der Waals surface area (Å²) < 4.78 is 22.7. The van der Waals surface area contributed by atoms with Crippen LogP contribution in [-0.2, 0) is 9.84 Å². The number of hydrogen-bond acceptors (Lipinski definition) is 3. The van der Waals surface area contributed by atoms with Gasteiger partial charge in [0.2, 0.25) is 0 Å². The van der Waals surface area contributed by atoms with E-state index in [4.69, 9.17) is 6.42 Å². The Hall–Kier alpha value is -1.31. The summed E-state index contributed by atoms with van der Waals surface area (Å²) in [4.78, 5) is 0.359. The summed E-state index contributed by atoms with van der Waals surface area (Å²) >= 11 is 0. The molecular formula is C15H21NO2S. The molecule has 0 aliphatic carbocycles. The highest BCUT2D eigenvalue weighted by Gasteiger charge is 2.08. The van der Waals surface area contributed by atoms with E-state index >= 15 is 0 Å². The average Bonchev–Trinajstić information content (AvgIpc) is 2.37. The fourth-order valence-electron chi connectivity index (χ4n) is 1.79. The molecule has 1 atom stereocenters. The quantitative estimate of drug-likeness (QED) is 0.616. The Kier molecular flexibility index (Phi) is 6.07. The predicted molar refractivity (Wildman–Crippen MR) is 78.7 cm³/mol. The molecule has 0 heterocycles. The second-order valence-electron chi connectivity index (χ2n) is 4.68. The molecule has 4 heteroatoms. The fourth-order valence-corrected chi connectivity index (χ4v) is 2.42. The van der Waals surface area contributed by atoms with Crippen LogP contribution in [0, 0.1) is 12.3 Å². The number of rotatable bonds is 7. The van der Waals surface area contributed by atoms with Crippen LogP contribution in [0.5, 0.6) is 0 Å². The van der Waals surface area contributed by atoms with E-state index in [2.05, 4.69) is 18.2 Å². The van der Waals surface area contributed by atoms with Crippen LogP contribution in [0.4, 0.5) is 0 Å². The maximum absolute atomic E-state index is 11.4. The first-order chi connectivity index (χ1) is 8.95. The lowest BCUT2D eigenvalue weighted by molar-refractivity contribution is 0.549. The standard InChI is InChI=1S/C15H21NO2S/c1-4-5-6-7-12-16-13(2)14-8-10-15(11-9-14)19(3,17)18/h1,8-11,13,16H,5-7,12H2,2-3H3. The molecule has 0 aliphatic rings. The normalized spacial score (nSPS) is 12.9. The summed E-state index contributed by atoms with van der Waals surface area (Å²) in [7, 11) is -3.11. The van der Waals surface area contributed by atoms with Crippen LogP contribution in [0.2, 0.25) is 0 Å². The number of benzene rings is 1. The van der Waals surface area contributed by atoms with Crippen molar-refractivity contribution in [2.45, 2.75) is 37.1 Å². The van der Waals surface area contributed by atoms with Gasteiger partial charge in [-0.25, -0.2) is 8.42 Å². The second-order valence-corrected chi connectivity index (χ2v) is 6.69. The number of nitrogens with one attached hydrogen (secondary N) is 1. The summed E-state index contributed by atoms with van der Waals surface area (Å²) in [6.45, 7) is 2.98. The third kappa shape index (κ3) is 5.46. The van der Waals surface area contributed by atoms with Gasteiger partial charge in [-0.05, 0) is 44.0 Å². The van der Waals surface area contributed by atoms with Crippen LogP contribution in [-0.4, -0.2) is 21.2 Å². The fraction of sp³-hybridized carbons (Fsp3) is 0.467. The summed E-state index contributed by atoms with van der Waals surface area (Å²) in [6.07, 6.45) is 9.31. The first-order valence-corrected chi connectivity index (χ1v) is 8.31. The van der Waals surface area contributed by atoms with E-state index in [0.29, 0.717) is 4.90 Å². The smallest absolute Gasteiger partial charge is 0.175 e. The van der Waals surface area contributed by atoms with E-state index in [1.54, 1.807) is 12.1 Å². The van der Waals surface area contributed by atoms with Crippen molar-refractivity contribution < 1.29 is 8.42 Å². The lowest BCUT2D eigenvalue weighted by Crippen LogP contribution is -2.19. The Labute approximate surface area is 116 Å². The van der Waals surface area contributed by atoms with E-state index in [0.717, 1.165) is 31.4 Å². The van der Waals surface area contributed by atoms with Gasteiger partial charge in [0.15, 0.2) is 9.84 Å². The number of hydrogen-bond donors (Lipinski definition) is 1. The van der Waals surface area contributed by atoms with Gasteiger partial charge < -0.3 is 5.32 Å². The van der Waals surface area contributed by atoms with Crippen molar-refractivity contribution in [3.8, 4) is 12.3 Å². The molecule has 1 aromatic rings. The molecule has 19 heavy (non-hydrogen) atoms. The number of terminal acetylenes is 1. The third-order valence-corrected chi connectivity index (χ3v) is 4.14. The van der Waals surface area contributed by atoms with Crippen molar-refractivity contribution in [2.75, 3.05) is 12.8 Å². The number of sulfone groups is 1. The Balaban J connectivity index is 2.50. The van der Waals surface area contributed by atoms with Gasteiger partial charge in [0, 0.05) is 18.7 Å². The molecule has 0 spiro atoms. The Bertz CT molecular complexity index is 526. The maximum atomic E-state index is 11.4. The van der Waals surface area contributed by atoms with Crippen LogP contribution in [0.25, 0.3) is 0 Å². The molecule has 1 unspecified atom stereocenters. The summed E-state index contributed by atoms with van der Waals surface area (Å²) in [5, 5.41) is 3.40. The van der Waals surface area contributed by atoms with Crippen LogP contribution in [0.3, 0.4) is 0 Å². The molecule has 0 fully saturated rings. The molecule has 1 aromatic carbocycles. The molecule has 0 amide bonds. The zero-order chi connectivity index (χ0) is 14.3. The zero-order valence-electron chi connectivity index (χ0n) is 11.5. The highest BCUT2D eigenvalue weighted by atomic mass is 32.2. The van der Waals surface area contributed by atoms with Crippen LogP contribution >= 0.6 is 0 Å².